The van der Waals surface area contributed by atoms with E-state index >= 15 is 0 Å². The first kappa shape index (κ1) is 10.4. The van der Waals surface area contributed by atoms with Crippen molar-refractivity contribution in [3.05, 3.63) is 0 Å². The van der Waals surface area contributed by atoms with Gasteiger partial charge in [-0.15, -0.1) is 0 Å². The van der Waals surface area contributed by atoms with E-state index in [1.54, 1.807) is 0 Å². The van der Waals surface area contributed by atoms with Crippen LogP contribution in [-0.2, 0) is 23.7 Å². The minimum atomic E-state index is -1.27. The second kappa shape index (κ2) is 4.04. The number of hydrogen-bond acceptors (Lipinski definition) is 5. The molecule has 0 radical (unpaired) electrons. The van der Waals surface area contributed by atoms with Gasteiger partial charge < -0.3 is 18.9 Å². The Morgan fingerprint density at radius 2 is 2.15 bits per heavy atom. The fourth-order valence-electron chi connectivity index (χ4n) is 1.34. The van der Waals surface area contributed by atoms with Gasteiger partial charge in [-0.25, -0.2) is 4.79 Å². The summed E-state index contributed by atoms with van der Waals surface area (Å²) in [6, 6.07) is 0. The summed E-state index contributed by atoms with van der Waals surface area (Å²) in [5.74, 6) is -1.79. The third-order valence-corrected chi connectivity index (χ3v) is 2.12. The van der Waals surface area contributed by atoms with Crippen molar-refractivity contribution in [1.29, 1.82) is 0 Å². The van der Waals surface area contributed by atoms with Crippen LogP contribution in [0.25, 0.3) is 0 Å². The third kappa shape index (κ3) is 1.82. The normalized spacial score (nSPS) is 33.3. The standard InChI is InChI=1S/C8H14O5/c1-10-6-4-5-8(12-3,13-6)7(9)11-2/h6H,4-5H2,1-3H3/t6-,8-/m1/s1. The smallest absolute Gasteiger partial charge is 0.366 e. The van der Waals surface area contributed by atoms with Gasteiger partial charge >= 0.3 is 5.97 Å². The van der Waals surface area contributed by atoms with Crippen LogP contribution >= 0.6 is 0 Å². The van der Waals surface area contributed by atoms with Crippen molar-refractivity contribution in [2.75, 3.05) is 21.3 Å². The van der Waals surface area contributed by atoms with Crippen LogP contribution in [-0.4, -0.2) is 39.4 Å². The van der Waals surface area contributed by atoms with Crippen molar-refractivity contribution in [3.8, 4) is 0 Å². The summed E-state index contributed by atoms with van der Waals surface area (Å²) in [5, 5.41) is 0. The number of carbonyl (C=O) groups excluding carboxylic acids is 1. The summed E-state index contributed by atoms with van der Waals surface area (Å²) in [6.45, 7) is 0. The SMILES string of the molecule is COC(=O)[C@@]1(OC)CC[C@H](OC)O1. The number of methoxy groups -OCH3 is 3. The maximum atomic E-state index is 11.3. The Morgan fingerprint density at radius 3 is 2.54 bits per heavy atom. The molecule has 0 spiro atoms. The Kier molecular flexibility index (Phi) is 3.24. The van der Waals surface area contributed by atoms with Gasteiger partial charge in [0.05, 0.1) is 7.11 Å². The largest absolute Gasteiger partial charge is 0.465 e. The predicted molar refractivity (Wildman–Crippen MR) is 42.9 cm³/mol. The molecular formula is C8H14O5. The summed E-state index contributed by atoms with van der Waals surface area (Å²) in [6.07, 6.45) is 0.688. The molecule has 5 nitrogen and oxygen atoms in total. The molecule has 0 saturated carbocycles. The Balaban J connectivity index is 2.67. The van der Waals surface area contributed by atoms with Crippen molar-refractivity contribution in [3.63, 3.8) is 0 Å². The molecule has 1 fully saturated rings. The fourth-order valence-corrected chi connectivity index (χ4v) is 1.34. The van der Waals surface area contributed by atoms with E-state index in [0.29, 0.717) is 12.8 Å². The van der Waals surface area contributed by atoms with Crippen LogP contribution in [0.1, 0.15) is 12.8 Å². The molecule has 0 aromatic carbocycles. The van der Waals surface area contributed by atoms with Crippen LogP contribution in [0.4, 0.5) is 0 Å². The highest BCUT2D eigenvalue weighted by molar-refractivity contribution is 5.78. The summed E-state index contributed by atoms with van der Waals surface area (Å²) in [5.41, 5.74) is 0. The van der Waals surface area contributed by atoms with Crippen LogP contribution in [0.15, 0.2) is 0 Å². The van der Waals surface area contributed by atoms with Crippen molar-refractivity contribution >= 4 is 5.97 Å². The van der Waals surface area contributed by atoms with Crippen molar-refractivity contribution in [1.82, 2.24) is 0 Å². The van der Waals surface area contributed by atoms with E-state index in [1.807, 2.05) is 0 Å². The zero-order valence-electron chi connectivity index (χ0n) is 8.03. The predicted octanol–water partition coefficient (Wildman–Crippen LogP) is 0.285. The van der Waals surface area contributed by atoms with Gasteiger partial charge in [-0.3, -0.25) is 0 Å². The van der Waals surface area contributed by atoms with Crippen LogP contribution in [0.3, 0.4) is 0 Å². The Bertz CT molecular complexity index is 193. The maximum Gasteiger partial charge on any atom is 0.366 e. The molecule has 0 aromatic heterocycles. The minimum absolute atomic E-state index is 0.390. The fraction of sp³-hybridized carbons (Fsp3) is 0.875. The lowest BCUT2D eigenvalue weighted by Crippen LogP contribution is -2.41. The third-order valence-electron chi connectivity index (χ3n) is 2.12. The summed E-state index contributed by atoms with van der Waals surface area (Å²) < 4.78 is 19.8. The second-order valence-electron chi connectivity index (χ2n) is 2.77. The molecule has 1 rings (SSSR count). The molecule has 0 bridgehead atoms. The van der Waals surface area contributed by atoms with Crippen molar-refractivity contribution in [2.45, 2.75) is 24.9 Å². The van der Waals surface area contributed by atoms with Gasteiger partial charge in [0, 0.05) is 27.1 Å². The molecule has 0 aliphatic carbocycles. The average molecular weight is 190 g/mol. The number of esters is 1. The second-order valence-corrected chi connectivity index (χ2v) is 2.77. The van der Waals surface area contributed by atoms with E-state index in [2.05, 4.69) is 4.74 Å². The molecule has 0 amide bonds. The van der Waals surface area contributed by atoms with Gasteiger partial charge in [-0.2, -0.15) is 0 Å². The van der Waals surface area contributed by atoms with E-state index in [0.717, 1.165) is 0 Å². The van der Waals surface area contributed by atoms with Crippen LogP contribution in [0.5, 0.6) is 0 Å². The molecule has 13 heavy (non-hydrogen) atoms. The Hall–Kier alpha value is -0.650. The molecule has 1 aliphatic heterocycles. The Labute approximate surface area is 76.9 Å². The van der Waals surface area contributed by atoms with Gasteiger partial charge in [-0.05, 0) is 0 Å². The van der Waals surface area contributed by atoms with Gasteiger partial charge in [0.15, 0.2) is 6.29 Å². The highest BCUT2D eigenvalue weighted by atomic mass is 16.8. The zero-order chi connectivity index (χ0) is 9.90. The molecule has 0 aromatic rings. The monoisotopic (exact) mass is 190 g/mol. The number of rotatable bonds is 3. The van der Waals surface area contributed by atoms with Crippen LogP contribution in [0, 0.1) is 0 Å². The molecule has 1 saturated heterocycles. The van der Waals surface area contributed by atoms with Crippen LogP contribution in [0.2, 0.25) is 0 Å². The highest BCUT2D eigenvalue weighted by Gasteiger charge is 2.48. The van der Waals surface area contributed by atoms with Crippen LogP contribution < -0.4 is 0 Å². The molecule has 2 atom stereocenters. The zero-order valence-corrected chi connectivity index (χ0v) is 8.03. The topological polar surface area (TPSA) is 54.0 Å². The Morgan fingerprint density at radius 1 is 1.46 bits per heavy atom. The van der Waals surface area contributed by atoms with E-state index < -0.39 is 11.8 Å². The number of hydrogen-bond donors (Lipinski definition) is 0. The molecule has 0 N–H and O–H groups in total. The van der Waals surface area contributed by atoms with Crippen molar-refractivity contribution < 1.29 is 23.7 Å². The summed E-state index contributed by atoms with van der Waals surface area (Å²) in [7, 11) is 4.23. The van der Waals surface area contributed by atoms with E-state index in [-0.39, 0.29) is 6.29 Å². The molecule has 76 valence electrons. The first-order valence-corrected chi connectivity index (χ1v) is 4.02. The van der Waals surface area contributed by atoms with E-state index in [4.69, 9.17) is 14.2 Å². The number of carbonyl (C=O) groups is 1. The van der Waals surface area contributed by atoms with Gasteiger partial charge in [0.25, 0.3) is 5.79 Å². The van der Waals surface area contributed by atoms with E-state index in [1.165, 1.54) is 21.3 Å². The molecule has 0 unspecified atom stereocenters. The first-order chi connectivity index (χ1) is 6.18. The quantitative estimate of drug-likeness (QED) is 0.598. The first-order valence-electron chi connectivity index (χ1n) is 4.02. The average Bonchev–Trinajstić information content (AvgIpc) is 2.61. The molecule has 1 aliphatic rings. The summed E-state index contributed by atoms with van der Waals surface area (Å²) in [4.78, 5) is 11.3. The lowest BCUT2D eigenvalue weighted by atomic mass is 10.2. The summed E-state index contributed by atoms with van der Waals surface area (Å²) >= 11 is 0. The highest BCUT2D eigenvalue weighted by Crippen LogP contribution is 2.32. The van der Waals surface area contributed by atoms with Gasteiger partial charge in [0.1, 0.15) is 0 Å². The molecule has 5 heteroatoms. The molecule has 1 heterocycles. The minimum Gasteiger partial charge on any atom is -0.465 e. The van der Waals surface area contributed by atoms with Gasteiger partial charge in [-0.1, -0.05) is 0 Å². The molecular weight excluding hydrogens is 176 g/mol. The maximum absolute atomic E-state index is 11.3. The van der Waals surface area contributed by atoms with E-state index in [9.17, 15) is 4.79 Å². The van der Waals surface area contributed by atoms with Crippen molar-refractivity contribution in [2.24, 2.45) is 0 Å². The lowest BCUT2D eigenvalue weighted by molar-refractivity contribution is -0.259. The lowest BCUT2D eigenvalue weighted by Gasteiger charge is -2.23. The number of ether oxygens (including phenoxy) is 4. The van der Waals surface area contributed by atoms with Gasteiger partial charge in [0.2, 0.25) is 0 Å².